The van der Waals surface area contributed by atoms with Gasteiger partial charge in [-0.1, -0.05) is 0 Å². The third-order valence-electron chi connectivity index (χ3n) is 3.06. The van der Waals surface area contributed by atoms with E-state index in [-0.39, 0.29) is 11.9 Å². The predicted molar refractivity (Wildman–Crippen MR) is 58.8 cm³/mol. The molecule has 1 saturated heterocycles. The molecule has 1 atom stereocenters. The number of rotatable bonds is 4. The summed E-state index contributed by atoms with van der Waals surface area (Å²) in [4.78, 5) is 13.7. The molecule has 0 aromatic carbocycles. The van der Waals surface area contributed by atoms with Gasteiger partial charge in [-0.05, 0) is 13.5 Å². The van der Waals surface area contributed by atoms with Crippen molar-refractivity contribution in [2.75, 3.05) is 20.1 Å². The average Bonchev–Trinajstić information content (AvgIpc) is 2.83. The highest BCUT2D eigenvalue weighted by Crippen LogP contribution is 2.11. The molecule has 16 heavy (non-hydrogen) atoms. The van der Waals surface area contributed by atoms with Crippen LogP contribution in [0.2, 0.25) is 0 Å². The van der Waals surface area contributed by atoms with Crippen molar-refractivity contribution in [1.29, 1.82) is 0 Å². The molecule has 1 unspecified atom stereocenters. The van der Waals surface area contributed by atoms with Crippen LogP contribution in [0.15, 0.2) is 6.33 Å². The van der Waals surface area contributed by atoms with E-state index in [1.807, 2.05) is 23.6 Å². The van der Waals surface area contributed by atoms with Crippen molar-refractivity contribution < 1.29 is 4.79 Å². The van der Waals surface area contributed by atoms with Crippen molar-refractivity contribution in [2.24, 2.45) is 7.05 Å². The van der Waals surface area contributed by atoms with Crippen LogP contribution in [0.5, 0.6) is 0 Å². The molecule has 0 aliphatic carbocycles. The van der Waals surface area contributed by atoms with Crippen LogP contribution in [-0.2, 0) is 18.3 Å². The number of carbonyl (C=O) groups excluding carboxylic acids is 1. The molecule has 2 heterocycles. The van der Waals surface area contributed by atoms with Crippen LogP contribution in [0.4, 0.5) is 0 Å². The van der Waals surface area contributed by atoms with Gasteiger partial charge in [0.25, 0.3) is 0 Å². The van der Waals surface area contributed by atoms with E-state index in [4.69, 9.17) is 0 Å². The van der Waals surface area contributed by atoms with Crippen LogP contribution in [0.25, 0.3) is 0 Å². The van der Waals surface area contributed by atoms with E-state index in [0.717, 1.165) is 31.8 Å². The summed E-state index contributed by atoms with van der Waals surface area (Å²) in [5.74, 6) is 1.12. The molecule has 1 N–H and O–H groups in total. The first kappa shape index (κ1) is 11.1. The lowest BCUT2D eigenvalue weighted by Gasteiger charge is -2.15. The van der Waals surface area contributed by atoms with E-state index in [1.54, 1.807) is 6.33 Å². The summed E-state index contributed by atoms with van der Waals surface area (Å²) in [7, 11) is 3.74. The Hall–Kier alpha value is -1.43. The molecular formula is C10H17N5O. The van der Waals surface area contributed by atoms with Crippen molar-refractivity contribution in [3.63, 3.8) is 0 Å². The monoisotopic (exact) mass is 223 g/mol. The van der Waals surface area contributed by atoms with E-state index in [1.165, 1.54) is 0 Å². The molecule has 88 valence electrons. The first-order valence-corrected chi connectivity index (χ1v) is 5.51. The standard InChI is InChI=1S/C10H17N5O/c1-11-8-3-5-15(10(8)16)6-4-9-13-12-7-14(9)2/h7-8,11H,3-6H2,1-2H3. The molecule has 1 aromatic rings. The lowest BCUT2D eigenvalue weighted by molar-refractivity contribution is -0.129. The lowest BCUT2D eigenvalue weighted by Crippen LogP contribution is -2.37. The SMILES string of the molecule is CNC1CCN(CCc2nncn2C)C1=O. The molecule has 1 aliphatic rings. The quantitative estimate of drug-likeness (QED) is 0.724. The molecule has 6 heteroatoms. The Labute approximate surface area is 94.6 Å². The number of hydrogen-bond acceptors (Lipinski definition) is 4. The Kier molecular flexibility index (Phi) is 3.19. The zero-order chi connectivity index (χ0) is 11.5. The van der Waals surface area contributed by atoms with E-state index in [0.29, 0.717) is 0 Å². The fourth-order valence-electron chi connectivity index (χ4n) is 2.00. The Morgan fingerprint density at radius 1 is 1.62 bits per heavy atom. The second-order valence-corrected chi connectivity index (χ2v) is 4.06. The molecule has 0 saturated carbocycles. The number of amides is 1. The Bertz CT molecular complexity index is 375. The molecule has 1 aromatic heterocycles. The van der Waals surface area contributed by atoms with Crippen LogP contribution >= 0.6 is 0 Å². The summed E-state index contributed by atoms with van der Waals surface area (Å²) in [6, 6.07) is -0.000466. The van der Waals surface area contributed by atoms with Gasteiger partial charge in [-0.15, -0.1) is 10.2 Å². The van der Waals surface area contributed by atoms with Gasteiger partial charge in [0.05, 0.1) is 6.04 Å². The molecule has 6 nitrogen and oxygen atoms in total. The van der Waals surface area contributed by atoms with Crippen molar-refractivity contribution >= 4 is 5.91 Å². The van der Waals surface area contributed by atoms with Crippen molar-refractivity contribution in [2.45, 2.75) is 18.9 Å². The van der Waals surface area contributed by atoms with Crippen LogP contribution in [0.1, 0.15) is 12.2 Å². The molecule has 1 amide bonds. The number of carbonyl (C=O) groups is 1. The topological polar surface area (TPSA) is 63.0 Å². The second-order valence-electron chi connectivity index (χ2n) is 4.06. The summed E-state index contributed by atoms with van der Waals surface area (Å²) in [6.45, 7) is 1.56. The minimum absolute atomic E-state index is 0.000466. The number of aryl methyl sites for hydroxylation is 1. The van der Waals surface area contributed by atoms with Crippen molar-refractivity contribution in [3.8, 4) is 0 Å². The third-order valence-corrected chi connectivity index (χ3v) is 3.06. The normalized spacial score (nSPS) is 20.8. The minimum Gasteiger partial charge on any atom is -0.341 e. The van der Waals surface area contributed by atoms with E-state index >= 15 is 0 Å². The van der Waals surface area contributed by atoms with Crippen molar-refractivity contribution in [3.05, 3.63) is 12.2 Å². The number of nitrogens with one attached hydrogen (secondary N) is 1. The van der Waals surface area contributed by atoms with Crippen LogP contribution in [-0.4, -0.2) is 51.8 Å². The first-order chi connectivity index (χ1) is 7.72. The van der Waals surface area contributed by atoms with Gasteiger partial charge in [0.2, 0.25) is 5.91 Å². The van der Waals surface area contributed by atoms with Gasteiger partial charge >= 0.3 is 0 Å². The van der Waals surface area contributed by atoms with E-state index < -0.39 is 0 Å². The predicted octanol–water partition coefficient (Wildman–Crippen LogP) is -0.822. The summed E-state index contributed by atoms with van der Waals surface area (Å²) in [6.07, 6.45) is 3.34. The molecular weight excluding hydrogens is 206 g/mol. The summed E-state index contributed by atoms with van der Waals surface area (Å²) < 4.78 is 1.89. The maximum absolute atomic E-state index is 11.8. The highest BCUT2D eigenvalue weighted by atomic mass is 16.2. The van der Waals surface area contributed by atoms with E-state index in [9.17, 15) is 4.79 Å². The number of likely N-dealkylation sites (tertiary alicyclic amines) is 1. The number of nitrogens with zero attached hydrogens (tertiary/aromatic N) is 4. The molecule has 0 radical (unpaired) electrons. The fourth-order valence-corrected chi connectivity index (χ4v) is 2.00. The first-order valence-electron chi connectivity index (χ1n) is 5.51. The summed E-state index contributed by atoms with van der Waals surface area (Å²) in [5.41, 5.74) is 0. The van der Waals surface area contributed by atoms with Crippen molar-refractivity contribution in [1.82, 2.24) is 25.0 Å². The smallest absolute Gasteiger partial charge is 0.239 e. The highest BCUT2D eigenvalue weighted by Gasteiger charge is 2.29. The fraction of sp³-hybridized carbons (Fsp3) is 0.700. The number of aromatic nitrogens is 3. The van der Waals surface area contributed by atoms with Crippen LogP contribution < -0.4 is 5.32 Å². The number of likely N-dealkylation sites (N-methyl/N-ethyl adjacent to an activating group) is 1. The average molecular weight is 223 g/mol. The summed E-state index contributed by atoms with van der Waals surface area (Å²) >= 11 is 0. The van der Waals surface area contributed by atoms with Gasteiger partial charge in [-0.25, -0.2) is 0 Å². The van der Waals surface area contributed by atoms with Gasteiger partial charge in [-0.2, -0.15) is 0 Å². The Morgan fingerprint density at radius 3 is 3.00 bits per heavy atom. The largest absolute Gasteiger partial charge is 0.341 e. The molecule has 1 aliphatic heterocycles. The summed E-state index contributed by atoms with van der Waals surface area (Å²) in [5, 5.41) is 10.8. The van der Waals surface area contributed by atoms with Gasteiger partial charge in [0, 0.05) is 26.6 Å². The minimum atomic E-state index is -0.000466. The Morgan fingerprint density at radius 2 is 2.44 bits per heavy atom. The third kappa shape index (κ3) is 2.06. The van der Waals surface area contributed by atoms with Gasteiger partial charge < -0.3 is 14.8 Å². The zero-order valence-corrected chi connectivity index (χ0v) is 9.68. The molecule has 0 bridgehead atoms. The Balaban J connectivity index is 1.88. The highest BCUT2D eigenvalue weighted by molar-refractivity contribution is 5.83. The zero-order valence-electron chi connectivity index (χ0n) is 9.68. The van der Waals surface area contributed by atoms with Crippen LogP contribution in [0, 0.1) is 0 Å². The van der Waals surface area contributed by atoms with Gasteiger partial charge in [0.1, 0.15) is 12.2 Å². The van der Waals surface area contributed by atoms with E-state index in [2.05, 4.69) is 15.5 Å². The molecule has 1 fully saturated rings. The number of hydrogen-bond donors (Lipinski definition) is 1. The maximum Gasteiger partial charge on any atom is 0.239 e. The van der Waals surface area contributed by atoms with Gasteiger partial charge in [-0.3, -0.25) is 4.79 Å². The maximum atomic E-state index is 11.8. The van der Waals surface area contributed by atoms with Crippen LogP contribution in [0.3, 0.4) is 0 Å². The van der Waals surface area contributed by atoms with Gasteiger partial charge in [0.15, 0.2) is 0 Å². The second kappa shape index (κ2) is 4.61. The lowest BCUT2D eigenvalue weighted by atomic mass is 10.2. The molecule has 0 spiro atoms. The molecule has 2 rings (SSSR count).